The van der Waals surface area contributed by atoms with Gasteiger partial charge in [-0.1, -0.05) is 62.4 Å². The number of carboxylic acids is 1. The molecule has 2 N–H and O–H groups in total. The van der Waals surface area contributed by atoms with E-state index in [0.29, 0.717) is 13.1 Å². The van der Waals surface area contributed by atoms with Crippen LogP contribution >= 0.6 is 0 Å². The highest BCUT2D eigenvalue weighted by Gasteiger charge is 2.44. The van der Waals surface area contributed by atoms with E-state index in [1.165, 1.54) is 0 Å². The quantitative estimate of drug-likeness (QED) is 0.569. The Bertz CT molecular complexity index is 1060. The first-order valence-corrected chi connectivity index (χ1v) is 11.9. The van der Waals surface area contributed by atoms with Gasteiger partial charge in [0.05, 0.1) is 19.0 Å². The minimum Gasteiger partial charge on any atom is -0.480 e. The second kappa shape index (κ2) is 10.1. The zero-order valence-corrected chi connectivity index (χ0v) is 20.3. The summed E-state index contributed by atoms with van der Waals surface area (Å²) in [6, 6.07) is 16.3. The zero-order chi connectivity index (χ0) is 25.2. The van der Waals surface area contributed by atoms with E-state index >= 15 is 0 Å². The molecule has 2 amide bonds. The molecule has 0 saturated carbocycles. The number of aliphatic carboxylic acids is 1. The number of nitrogens with one attached hydrogen (secondary N) is 1. The number of carbonyl (C=O) groups excluding carboxylic acids is 2. The Balaban J connectivity index is 1.30. The summed E-state index contributed by atoms with van der Waals surface area (Å²) in [4.78, 5) is 37.9. The average molecular weight is 481 g/mol. The number of alkyl carbamates (subject to hydrolysis) is 1. The normalized spacial score (nSPS) is 16.7. The van der Waals surface area contributed by atoms with Crippen molar-refractivity contribution in [2.24, 2.45) is 11.8 Å². The maximum Gasteiger partial charge on any atom is 0.407 e. The van der Waals surface area contributed by atoms with Crippen LogP contribution in [0.5, 0.6) is 0 Å². The Labute approximate surface area is 205 Å². The highest BCUT2D eigenvalue weighted by molar-refractivity contribution is 5.81. The third kappa shape index (κ3) is 5.32. The molecule has 1 atom stereocenters. The molecule has 1 aliphatic carbocycles. The van der Waals surface area contributed by atoms with Gasteiger partial charge in [0.15, 0.2) is 0 Å². The Morgan fingerprint density at radius 3 is 2.17 bits per heavy atom. The minimum atomic E-state index is -1.04. The lowest BCUT2D eigenvalue weighted by molar-refractivity contribution is -0.176. The fraction of sp³-hybridized carbons (Fsp3) is 0.444. The van der Waals surface area contributed by atoms with Crippen molar-refractivity contribution in [2.45, 2.75) is 32.3 Å². The molecule has 35 heavy (non-hydrogen) atoms. The highest BCUT2D eigenvalue weighted by atomic mass is 16.5. The second-order valence-corrected chi connectivity index (χ2v) is 9.88. The molecule has 0 bridgehead atoms. The van der Waals surface area contributed by atoms with Gasteiger partial charge in [0.25, 0.3) is 0 Å². The van der Waals surface area contributed by atoms with E-state index in [-0.39, 0.29) is 30.9 Å². The first-order valence-electron chi connectivity index (χ1n) is 11.9. The van der Waals surface area contributed by atoms with Gasteiger partial charge in [-0.25, -0.2) is 9.59 Å². The van der Waals surface area contributed by atoms with Crippen molar-refractivity contribution in [1.82, 2.24) is 10.2 Å². The number of likely N-dealkylation sites (tertiary alicyclic amines) is 1. The van der Waals surface area contributed by atoms with E-state index in [0.717, 1.165) is 22.3 Å². The monoisotopic (exact) mass is 480 g/mol. The number of rotatable bonds is 9. The van der Waals surface area contributed by atoms with Gasteiger partial charge in [-0.2, -0.15) is 0 Å². The number of amides is 2. The van der Waals surface area contributed by atoms with Gasteiger partial charge >= 0.3 is 12.1 Å². The number of ether oxygens (including phenoxy) is 2. The van der Waals surface area contributed by atoms with Gasteiger partial charge in [0.1, 0.15) is 18.8 Å². The molecule has 1 heterocycles. The van der Waals surface area contributed by atoms with Crippen molar-refractivity contribution in [1.29, 1.82) is 0 Å². The van der Waals surface area contributed by atoms with Gasteiger partial charge in [0.2, 0.25) is 5.91 Å². The van der Waals surface area contributed by atoms with Gasteiger partial charge in [0, 0.05) is 12.5 Å². The molecule has 2 aromatic rings. The lowest BCUT2D eigenvalue weighted by Gasteiger charge is -2.48. The Morgan fingerprint density at radius 2 is 1.63 bits per heavy atom. The number of carbonyl (C=O) groups is 3. The van der Waals surface area contributed by atoms with E-state index in [9.17, 15) is 14.4 Å². The van der Waals surface area contributed by atoms with Crippen molar-refractivity contribution in [3.63, 3.8) is 0 Å². The van der Waals surface area contributed by atoms with E-state index in [4.69, 9.17) is 14.6 Å². The lowest BCUT2D eigenvalue weighted by atomic mass is 9.89. The predicted octanol–water partition coefficient (Wildman–Crippen LogP) is 3.50. The molecule has 0 radical (unpaired) electrons. The largest absolute Gasteiger partial charge is 0.480 e. The molecule has 0 aromatic heterocycles. The summed E-state index contributed by atoms with van der Waals surface area (Å²) in [6.07, 6.45) is -0.552. The molecular formula is C27H32N2O6. The van der Waals surface area contributed by atoms with Gasteiger partial charge < -0.3 is 24.8 Å². The Hall–Kier alpha value is -3.39. The van der Waals surface area contributed by atoms with E-state index < -0.39 is 30.2 Å². The fourth-order valence-corrected chi connectivity index (χ4v) is 4.93. The van der Waals surface area contributed by atoms with Crippen LogP contribution in [-0.2, 0) is 19.1 Å². The third-order valence-corrected chi connectivity index (χ3v) is 6.84. The molecule has 1 aliphatic heterocycles. The maximum absolute atomic E-state index is 13.0. The summed E-state index contributed by atoms with van der Waals surface area (Å²) in [5.74, 6) is -1.57. The van der Waals surface area contributed by atoms with Crippen LogP contribution in [-0.4, -0.2) is 66.4 Å². The van der Waals surface area contributed by atoms with E-state index in [1.807, 2.05) is 38.1 Å². The van der Waals surface area contributed by atoms with Gasteiger partial charge in [-0.05, 0) is 35.1 Å². The number of benzene rings is 2. The lowest BCUT2D eigenvalue weighted by Crippen LogP contribution is -2.65. The third-order valence-electron chi connectivity index (χ3n) is 6.84. The molecule has 8 nitrogen and oxygen atoms in total. The summed E-state index contributed by atoms with van der Waals surface area (Å²) < 4.78 is 11.0. The topological polar surface area (TPSA) is 105 Å². The highest BCUT2D eigenvalue weighted by Crippen LogP contribution is 2.44. The molecule has 4 rings (SSSR count). The molecular weight excluding hydrogens is 448 g/mol. The second-order valence-electron chi connectivity index (χ2n) is 9.88. The molecule has 1 fully saturated rings. The molecule has 2 aromatic carbocycles. The number of hydrogen-bond donors (Lipinski definition) is 2. The first-order chi connectivity index (χ1) is 16.7. The van der Waals surface area contributed by atoms with Crippen LogP contribution in [0, 0.1) is 11.8 Å². The zero-order valence-electron chi connectivity index (χ0n) is 20.3. The summed E-state index contributed by atoms with van der Waals surface area (Å²) in [5, 5.41) is 11.6. The van der Waals surface area contributed by atoms with Crippen molar-refractivity contribution < 1.29 is 29.0 Å². The van der Waals surface area contributed by atoms with Crippen LogP contribution < -0.4 is 5.32 Å². The Morgan fingerprint density at radius 1 is 1.06 bits per heavy atom. The molecule has 2 aliphatic rings. The van der Waals surface area contributed by atoms with Gasteiger partial charge in [-0.3, -0.25) is 4.79 Å². The molecule has 8 heteroatoms. The average Bonchev–Trinajstić information content (AvgIpc) is 3.13. The summed E-state index contributed by atoms with van der Waals surface area (Å²) >= 11 is 0. The predicted molar refractivity (Wildman–Crippen MR) is 130 cm³/mol. The van der Waals surface area contributed by atoms with Crippen LogP contribution in [0.25, 0.3) is 11.1 Å². The number of fused-ring (bicyclic) bond motifs is 3. The van der Waals surface area contributed by atoms with E-state index in [1.54, 1.807) is 11.8 Å². The van der Waals surface area contributed by atoms with Crippen LogP contribution in [0.3, 0.4) is 0 Å². The summed E-state index contributed by atoms with van der Waals surface area (Å²) in [7, 11) is 0. The van der Waals surface area contributed by atoms with Crippen LogP contribution in [0.2, 0.25) is 0 Å². The fourth-order valence-electron chi connectivity index (χ4n) is 4.93. The molecule has 0 spiro atoms. The number of nitrogens with zero attached hydrogens (tertiary/aromatic N) is 1. The summed E-state index contributed by atoms with van der Waals surface area (Å²) in [5.41, 5.74) is 3.95. The number of carboxylic acid groups (broad SMARTS) is 1. The smallest absolute Gasteiger partial charge is 0.407 e. The van der Waals surface area contributed by atoms with Crippen molar-refractivity contribution in [3.05, 3.63) is 59.7 Å². The standard InChI is InChI=1S/C27H32N2O6/c1-17(2)22(25(32)29-15-27(3,16-29)35-14-24(30)31)12-28-26(33)34-13-23-20-10-6-4-8-18(20)19-9-5-7-11-21(19)23/h4-11,17,22-23H,12-16H2,1-3H3,(H,28,33)(H,30,31). The van der Waals surface area contributed by atoms with Crippen molar-refractivity contribution >= 4 is 18.0 Å². The van der Waals surface area contributed by atoms with Crippen LogP contribution in [0.1, 0.15) is 37.8 Å². The minimum absolute atomic E-state index is 0.00294. The molecule has 186 valence electrons. The number of hydrogen-bond acceptors (Lipinski definition) is 5. The van der Waals surface area contributed by atoms with E-state index in [2.05, 4.69) is 29.6 Å². The SMILES string of the molecule is CC(C)C(CNC(=O)OCC1c2ccccc2-c2ccccc21)C(=O)N1CC(C)(OCC(=O)O)C1. The maximum atomic E-state index is 13.0. The molecule has 1 saturated heterocycles. The van der Waals surface area contributed by atoms with Crippen LogP contribution in [0.15, 0.2) is 48.5 Å². The van der Waals surface area contributed by atoms with Crippen molar-refractivity contribution in [3.8, 4) is 11.1 Å². The van der Waals surface area contributed by atoms with Crippen molar-refractivity contribution in [2.75, 3.05) is 32.8 Å². The van der Waals surface area contributed by atoms with Crippen LogP contribution in [0.4, 0.5) is 4.79 Å². The Kier molecular flexibility index (Phi) is 7.12. The first kappa shape index (κ1) is 24.7. The van der Waals surface area contributed by atoms with Gasteiger partial charge in [-0.15, -0.1) is 0 Å². The molecule has 1 unspecified atom stereocenters. The summed E-state index contributed by atoms with van der Waals surface area (Å²) in [6.45, 7) is 6.29.